The summed E-state index contributed by atoms with van der Waals surface area (Å²) in [6.45, 7) is 1.22. The van der Waals surface area contributed by atoms with Crippen LogP contribution >= 0.6 is 27.5 Å². The Morgan fingerprint density at radius 3 is 2.95 bits per heavy atom. The third-order valence-electron chi connectivity index (χ3n) is 3.61. The number of rotatable bonds is 4. The molecule has 2 aromatic carbocycles. The summed E-state index contributed by atoms with van der Waals surface area (Å²) >= 11 is 9.31. The van der Waals surface area contributed by atoms with Gasteiger partial charge < -0.3 is 4.74 Å². The van der Waals surface area contributed by atoms with Crippen molar-refractivity contribution in [3.8, 4) is 5.75 Å². The topological polar surface area (TPSA) is 21.6 Å². The minimum absolute atomic E-state index is 0.298. The Kier molecular flexibility index (Phi) is 4.79. The molecular formula is C17H14BrClFNO. The molecule has 2 nitrogen and oxygen atoms in total. The van der Waals surface area contributed by atoms with Crippen LogP contribution in [0.3, 0.4) is 0 Å². The standard InChI is InChI=1S/C17H14BrClFNO/c18-17-14-10-21-7-5-11(14)2-4-16(17)22-8-6-12-1-3-13(19)9-15(12)20/h1-4,9-10H,5-8H2. The highest BCUT2D eigenvalue weighted by atomic mass is 79.9. The molecule has 3 rings (SSSR count). The first-order valence-corrected chi connectivity index (χ1v) is 8.20. The van der Waals surface area contributed by atoms with E-state index >= 15 is 0 Å². The molecule has 1 aliphatic heterocycles. The minimum Gasteiger partial charge on any atom is -0.492 e. The van der Waals surface area contributed by atoms with Crippen molar-refractivity contribution < 1.29 is 9.13 Å². The number of halogens is 3. The molecule has 0 aliphatic carbocycles. The summed E-state index contributed by atoms with van der Waals surface area (Å²) in [6.07, 6.45) is 3.30. The van der Waals surface area contributed by atoms with Crippen molar-refractivity contribution in [2.75, 3.05) is 13.2 Å². The minimum atomic E-state index is -0.298. The fourth-order valence-corrected chi connectivity index (χ4v) is 3.18. The summed E-state index contributed by atoms with van der Waals surface area (Å²) in [5.74, 6) is 0.453. The Bertz CT molecular complexity index is 733. The van der Waals surface area contributed by atoms with Gasteiger partial charge in [-0.1, -0.05) is 23.7 Å². The molecule has 5 heteroatoms. The van der Waals surface area contributed by atoms with E-state index in [-0.39, 0.29) is 5.82 Å². The van der Waals surface area contributed by atoms with E-state index in [1.54, 1.807) is 12.1 Å². The molecule has 0 atom stereocenters. The number of aliphatic imine (C=N–C) groups is 1. The van der Waals surface area contributed by atoms with Crippen molar-refractivity contribution in [2.45, 2.75) is 12.8 Å². The molecule has 0 N–H and O–H groups in total. The Balaban J connectivity index is 1.68. The molecule has 114 valence electrons. The number of benzene rings is 2. The maximum atomic E-state index is 13.7. The van der Waals surface area contributed by atoms with Gasteiger partial charge in [0, 0.05) is 29.8 Å². The predicted molar refractivity (Wildman–Crippen MR) is 90.9 cm³/mol. The zero-order valence-corrected chi connectivity index (χ0v) is 14.1. The van der Waals surface area contributed by atoms with Crippen molar-refractivity contribution in [2.24, 2.45) is 4.99 Å². The lowest BCUT2D eigenvalue weighted by molar-refractivity contribution is 0.318. The second-order valence-corrected chi connectivity index (χ2v) is 6.30. The van der Waals surface area contributed by atoms with Gasteiger partial charge in [0.15, 0.2) is 0 Å². The van der Waals surface area contributed by atoms with Crippen LogP contribution < -0.4 is 4.74 Å². The van der Waals surface area contributed by atoms with Crippen molar-refractivity contribution in [3.05, 3.63) is 62.3 Å². The molecule has 0 amide bonds. The van der Waals surface area contributed by atoms with E-state index < -0.39 is 0 Å². The largest absolute Gasteiger partial charge is 0.492 e. The van der Waals surface area contributed by atoms with Gasteiger partial charge in [-0.15, -0.1) is 0 Å². The van der Waals surface area contributed by atoms with Crippen LogP contribution in [0.1, 0.15) is 16.7 Å². The number of hydrogen-bond donors (Lipinski definition) is 0. The van der Waals surface area contributed by atoms with Gasteiger partial charge in [0.2, 0.25) is 0 Å². The van der Waals surface area contributed by atoms with Crippen molar-refractivity contribution in [1.82, 2.24) is 0 Å². The molecule has 2 aromatic rings. The zero-order valence-electron chi connectivity index (χ0n) is 11.8. The summed E-state index contributed by atoms with van der Waals surface area (Å²) in [6, 6.07) is 8.70. The second-order valence-electron chi connectivity index (χ2n) is 5.07. The molecule has 1 heterocycles. The molecule has 0 saturated carbocycles. The average molecular weight is 383 g/mol. The fraction of sp³-hybridized carbons (Fsp3) is 0.235. The number of fused-ring (bicyclic) bond motifs is 1. The van der Waals surface area contributed by atoms with Gasteiger partial charge in [-0.25, -0.2) is 4.39 Å². The maximum absolute atomic E-state index is 13.7. The first kappa shape index (κ1) is 15.5. The van der Waals surface area contributed by atoms with E-state index in [9.17, 15) is 4.39 Å². The van der Waals surface area contributed by atoms with Crippen LogP contribution in [0.2, 0.25) is 5.02 Å². The monoisotopic (exact) mass is 381 g/mol. The Morgan fingerprint density at radius 2 is 2.14 bits per heavy atom. The lowest BCUT2D eigenvalue weighted by Gasteiger charge is -2.15. The van der Waals surface area contributed by atoms with E-state index in [2.05, 4.69) is 27.0 Å². The average Bonchev–Trinajstić information content (AvgIpc) is 2.52. The van der Waals surface area contributed by atoms with Gasteiger partial charge in [-0.3, -0.25) is 4.99 Å². The zero-order chi connectivity index (χ0) is 15.5. The van der Waals surface area contributed by atoms with Crippen LogP contribution in [0.4, 0.5) is 4.39 Å². The van der Waals surface area contributed by atoms with Crippen molar-refractivity contribution in [3.63, 3.8) is 0 Å². The van der Waals surface area contributed by atoms with Crippen LogP contribution in [0.25, 0.3) is 0 Å². The molecule has 0 unspecified atom stereocenters. The van der Waals surface area contributed by atoms with E-state index in [0.717, 1.165) is 28.8 Å². The number of nitrogens with zero attached hydrogens (tertiary/aromatic N) is 1. The van der Waals surface area contributed by atoms with E-state index in [4.69, 9.17) is 16.3 Å². The fourth-order valence-electron chi connectivity index (χ4n) is 2.42. The highest BCUT2D eigenvalue weighted by Gasteiger charge is 2.13. The lowest BCUT2D eigenvalue weighted by atomic mass is 10.0. The number of ether oxygens (including phenoxy) is 1. The summed E-state index contributed by atoms with van der Waals surface area (Å²) in [7, 11) is 0. The third kappa shape index (κ3) is 3.33. The first-order chi connectivity index (χ1) is 10.6. The highest BCUT2D eigenvalue weighted by molar-refractivity contribution is 9.10. The molecule has 0 fully saturated rings. The second kappa shape index (κ2) is 6.80. The summed E-state index contributed by atoms with van der Waals surface area (Å²) in [5.41, 5.74) is 2.93. The summed E-state index contributed by atoms with van der Waals surface area (Å²) < 4.78 is 20.4. The van der Waals surface area contributed by atoms with Crippen LogP contribution in [0, 0.1) is 5.82 Å². The molecule has 1 aliphatic rings. The van der Waals surface area contributed by atoms with E-state index in [1.165, 1.54) is 11.6 Å². The van der Waals surface area contributed by atoms with Crippen LogP contribution in [0.15, 0.2) is 39.8 Å². The lowest BCUT2D eigenvalue weighted by Crippen LogP contribution is -2.07. The van der Waals surface area contributed by atoms with Crippen LogP contribution in [-0.4, -0.2) is 19.4 Å². The molecular weight excluding hydrogens is 369 g/mol. The maximum Gasteiger partial charge on any atom is 0.134 e. The molecule has 22 heavy (non-hydrogen) atoms. The van der Waals surface area contributed by atoms with Crippen molar-refractivity contribution >= 4 is 33.7 Å². The van der Waals surface area contributed by atoms with Crippen LogP contribution in [0.5, 0.6) is 5.75 Å². The van der Waals surface area contributed by atoms with Crippen LogP contribution in [-0.2, 0) is 12.8 Å². The van der Waals surface area contributed by atoms with E-state index in [1.807, 2.05) is 12.3 Å². The molecule has 0 saturated heterocycles. The quantitative estimate of drug-likeness (QED) is 0.741. The van der Waals surface area contributed by atoms with Crippen molar-refractivity contribution in [1.29, 1.82) is 0 Å². The normalized spacial score (nSPS) is 13.0. The molecule has 0 radical (unpaired) electrons. The SMILES string of the molecule is Fc1cc(Cl)ccc1CCOc1ccc2c(c1Br)C=NCC2. The van der Waals surface area contributed by atoms with Gasteiger partial charge in [-0.2, -0.15) is 0 Å². The van der Waals surface area contributed by atoms with E-state index in [0.29, 0.717) is 23.6 Å². The van der Waals surface area contributed by atoms with Gasteiger partial charge in [0.05, 0.1) is 11.1 Å². The van der Waals surface area contributed by atoms with Gasteiger partial charge >= 0.3 is 0 Å². The third-order valence-corrected chi connectivity index (χ3v) is 4.66. The Morgan fingerprint density at radius 1 is 1.27 bits per heavy atom. The molecule has 0 bridgehead atoms. The molecule has 0 aromatic heterocycles. The summed E-state index contributed by atoms with van der Waals surface area (Å²) in [4.78, 5) is 4.30. The Labute approximate surface area is 142 Å². The van der Waals surface area contributed by atoms with Gasteiger partial charge in [0.1, 0.15) is 11.6 Å². The highest BCUT2D eigenvalue weighted by Crippen LogP contribution is 2.32. The van der Waals surface area contributed by atoms with Gasteiger partial charge in [0.25, 0.3) is 0 Å². The molecule has 0 spiro atoms. The smallest absolute Gasteiger partial charge is 0.134 e. The first-order valence-electron chi connectivity index (χ1n) is 7.03. The predicted octanol–water partition coefficient (Wildman–Crippen LogP) is 4.84. The number of hydrogen-bond acceptors (Lipinski definition) is 2. The van der Waals surface area contributed by atoms with Gasteiger partial charge in [-0.05, 0) is 51.7 Å². The Hall–Kier alpha value is -1.39. The summed E-state index contributed by atoms with van der Waals surface area (Å²) in [5, 5.41) is 0.402.